The van der Waals surface area contributed by atoms with Crippen molar-refractivity contribution in [3.05, 3.63) is 34.2 Å². The Morgan fingerprint density at radius 1 is 1.41 bits per heavy atom. The molecule has 1 saturated heterocycles. The van der Waals surface area contributed by atoms with E-state index >= 15 is 0 Å². The van der Waals surface area contributed by atoms with Gasteiger partial charge in [0.15, 0.2) is 0 Å². The van der Waals surface area contributed by atoms with Gasteiger partial charge in [-0.25, -0.2) is 15.0 Å². The monoisotopic (exact) mass is 317 g/mol. The largest absolute Gasteiger partial charge is 0.347 e. The lowest BCUT2D eigenvalue weighted by molar-refractivity contribution is 0.0832. The topological polar surface area (TPSA) is 62.2 Å². The summed E-state index contributed by atoms with van der Waals surface area (Å²) < 4.78 is 0. The molecule has 0 radical (unpaired) electrons. The van der Waals surface area contributed by atoms with Crippen molar-refractivity contribution < 1.29 is 4.79 Å². The molecule has 0 unspecified atom stereocenters. The second-order valence-corrected chi connectivity index (χ2v) is 6.64. The normalized spacial score (nSPS) is 17.8. The predicted molar refractivity (Wildman–Crippen MR) is 86.2 cm³/mol. The van der Waals surface area contributed by atoms with E-state index in [1.165, 1.54) is 11.3 Å². The van der Waals surface area contributed by atoms with E-state index in [1.807, 2.05) is 13.0 Å². The van der Waals surface area contributed by atoms with E-state index in [0.717, 1.165) is 36.0 Å². The molecule has 116 valence electrons. The van der Waals surface area contributed by atoms with Crippen LogP contribution < -0.4 is 4.90 Å². The Balaban J connectivity index is 1.86. The maximum Gasteiger partial charge on any atom is 0.265 e. The molecule has 1 amide bonds. The maximum absolute atomic E-state index is 12.0. The molecule has 0 spiro atoms. The Labute approximate surface area is 133 Å². The van der Waals surface area contributed by atoms with Crippen molar-refractivity contribution in [1.29, 1.82) is 0 Å². The highest BCUT2D eigenvalue weighted by Gasteiger charge is 2.30. The van der Waals surface area contributed by atoms with Crippen LogP contribution in [0.25, 0.3) is 0 Å². The Morgan fingerprint density at radius 3 is 2.95 bits per heavy atom. The van der Waals surface area contributed by atoms with Gasteiger partial charge in [0.05, 0.1) is 12.2 Å². The first-order valence-electron chi connectivity index (χ1n) is 7.30. The Kier molecular flexibility index (Phi) is 4.06. The zero-order valence-corrected chi connectivity index (χ0v) is 13.8. The summed E-state index contributed by atoms with van der Waals surface area (Å²) in [6.07, 6.45) is 5.61. The van der Waals surface area contributed by atoms with Gasteiger partial charge in [0, 0.05) is 26.8 Å². The molecule has 2 aromatic heterocycles. The molecule has 1 aliphatic heterocycles. The molecule has 3 rings (SSSR count). The maximum atomic E-state index is 12.0. The third-order valence-electron chi connectivity index (χ3n) is 3.73. The number of hydrogen-bond donors (Lipinski definition) is 0. The fourth-order valence-corrected chi connectivity index (χ4v) is 3.75. The van der Waals surface area contributed by atoms with E-state index in [-0.39, 0.29) is 11.9 Å². The van der Waals surface area contributed by atoms with Crippen LogP contribution in [-0.4, -0.2) is 46.4 Å². The Hall–Kier alpha value is -2.02. The van der Waals surface area contributed by atoms with Crippen molar-refractivity contribution >= 4 is 23.1 Å². The van der Waals surface area contributed by atoms with E-state index in [4.69, 9.17) is 0 Å². The molecule has 0 aromatic carbocycles. The number of aromatic nitrogens is 3. The summed E-state index contributed by atoms with van der Waals surface area (Å²) in [5, 5.41) is 0.985. The second-order valence-electron chi connectivity index (χ2n) is 5.58. The number of carbonyl (C=O) groups is 1. The van der Waals surface area contributed by atoms with Gasteiger partial charge in [-0.15, -0.1) is 11.3 Å². The fraction of sp³-hybridized carbons (Fsp3) is 0.467. The van der Waals surface area contributed by atoms with Crippen LogP contribution in [0.3, 0.4) is 0 Å². The van der Waals surface area contributed by atoms with Crippen LogP contribution in [-0.2, 0) is 0 Å². The number of anilines is 1. The molecule has 0 N–H and O–H groups in total. The van der Waals surface area contributed by atoms with Gasteiger partial charge < -0.3 is 9.80 Å². The highest BCUT2D eigenvalue weighted by molar-refractivity contribution is 7.13. The molecule has 3 heterocycles. The van der Waals surface area contributed by atoms with Crippen molar-refractivity contribution in [1.82, 2.24) is 19.9 Å². The van der Waals surface area contributed by atoms with Gasteiger partial charge in [-0.05, 0) is 25.8 Å². The van der Waals surface area contributed by atoms with Gasteiger partial charge in [-0.1, -0.05) is 0 Å². The smallest absolute Gasteiger partial charge is 0.265 e. The third kappa shape index (κ3) is 2.81. The average molecular weight is 317 g/mol. The van der Waals surface area contributed by atoms with Crippen LogP contribution >= 0.6 is 11.3 Å². The molecular weight excluding hydrogens is 298 g/mol. The van der Waals surface area contributed by atoms with E-state index in [1.54, 1.807) is 31.4 Å². The van der Waals surface area contributed by atoms with Crippen molar-refractivity contribution in [2.45, 2.75) is 25.8 Å². The van der Waals surface area contributed by atoms with E-state index in [9.17, 15) is 4.79 Å². The SMILES string of the molecule is Cc1nccc(N2CCC[C@@H]2c2ncc(C(=O)N(C)C)s2)n1. The third-order valence-corrected chi connectivity index (χ3v) is 4.82. The van der Waals surface area contributed by atoms with Gasteiger partial charge in [-0.2, -0.15) is 0 Å². The molecule has 1 fully saturated rings. The molecule has 6 nitrogen and oxygen atoms in total. The van der Waals surface area contributed by atoms with Crippen LogP contribution in [0.2, 0.25) is 0 Å². The zero-order valence-electron chi connectivity index (χ0n) is 13.0. The van der Waals surface area contributed by atoms with Gasteiger partial charge in [0.1, 0.15) is 21.5 Å². The van der Waals surface area contributed by atoms with Gasteiger partial charge in [-0.3, -0.25) is 4.79 Å². The summed E-state index contributed by atoms with van der Waals surface area (Å²) in [6, 6.07) is 2.13. The molecule has 0 saturated carbocycles. The number of thiazole rings is 1. The number of amides is 1. The van der Waals surface area contributed by atoms with Crippen LogP contribution in [0.4, 0.5) is 5.82 Å². The first-order chi connectivity index (χ1) is 10.6. The summed E-state index contributed by atoms with van der Waals surface area (Å²) in [5.41, 5.74) is 0. The average Bonchev–Trinajstić information content (AvgIpc) is 3.15. The standard InChI is InChI=1S/C15H19N5OS/c1-10-16-7-6-13(18-10)20-8-4-5-11(20)14-17-9-12(22-14)15(21)19(2)3/h6-7,9,11H,4-5,8H2,1-3H3/t11-/m1/s1. The molecule has 22 heavy (non-hydrogen) atoms. The Morgan fingerprint density at radius 2 is 2.23 bits per heavy atom. The number of nitrogens with zero attached hydrogens (tertiary/aromatic N) is 5. The number of aryl methyl sites for hydroxylation is 1. The number of carbonyl (C=O) groups excluding carboxylic acids is 1. The number of rotatable bonds is 3. The minimum absolute atomic E-state index is 0.00572. The quantitative estimate of drug-likeness (QED) is 0.869. The minimum Gasteiger partial charge on any atom is -0.347 e. The summed E-state index contributed by atoms with van der Waals surface area (Å²) in [4.78, 5) is 29.7. The Bertz CT molecular complexity index is 684. The summed E-state index contributed by atoms with van der Waals surface area (Å²) in [5.74, 6) is 1.71. The lowest BCUT2D eigenvalue weighted by Crippen LogP contribution is -2.23. The molecule has 0 bridgehead atoms. The van der Waals surface area contributed by atoms with Crippen LogP contribution in [0.15, 0.2) is 18.5 Å². The van der Waals surface area contributed by atoms with Gasteiger partial charge in [0.25, 0.3) is 5.91 Å². The molecule has 1 aliphatic rings. The molecule has 0 aliphatic carbocycles. The van der Waals surface area contributed by atoms with Crippen LogP contribution in [0, 0.1) is 6.92 Å². The van der Waals surface area contributed by atoms with Crippen molar-refractivity contribution in [2.75, 3.05) is 25.5 Å². The summed E-state index contributed by atoms with van der Waals surface area (Å²) in [6.45, 7) is 2.85. The van der Waals surface area contributed by atoms with Crippen molar-refractivity contribution in [3.8, 4) is 0 Å². The van der Waals surface area contributed by atoms with Crippen LogP contribution in [0.1, 0.15) is 39.4 Å². The van der Waals surface area contributed by atoms with Crippen molar-refractivity contribution in [3.63, 3.8) is 0 Å². The highest BCUT2D eigenvalue weighted by atomic mass is 32.1. The highest BCUT2D eigenvalue weighted by Crippen LogP contribution is 2.37. The lowest BCUT2D eigenvalue weighted by Gasteiger charge is -2.24. The molecule has 7 heteroatoms. The van der Waals surface area contributed by atoms with E-state index in [0.29, 0.717) is 4.88 Å². The second kappa shape index (κ2) is 6.00. The minimum atomic E-state index is 0.00572. The molecular formula is C15H19N5OS. The fourth-order valence-electron chi connectivity index (χ4n) is 2.66. The first kappa shape index (κ1) is 14.9. The van der Waals surface area contributed by atoms with Gasteiger partial charge >= 0.3 is 0 Å². The van der Waals surface area contributed by atoms with E-state index in [2.05, 4.69) is 19.9 Å². The van der Waals surface area contributed by atoms with Crippen LogP contribution in [0.5, 0.6) is 0 Å². The molecule has 2 aromatic rings. The lowest BCUT2D eigenvalue weighted by atomic mass is 10.2. The summed E-state index contributed by atoms with van der Waals surface area (Å²) >= 11 is 1.48. The van der Waals surface area contributed by atoms with E-state index < -0.39 is 0 Å². The number of hydrogen-bond acceptors (Lipinski definition) is 6. The first-order valence-corrected chi connectivity index (χ1v) is 8.11. The zero-order chi connectivity index (χ0) is 15.7. The van der Waals surface area contributed by atoms with Gasteiger partial charge in [0.2, 0.25) is 0 Å². The molecule has 1 atom stereocenters. The summed E-state index contributed by atoms with van der Waals surface area (Å²) in [7, 11) is 3.51. The van der Waals surface area contributed by atoms with Crippen molar-refractivity contribution in [2.24, 2.45) is 0 Å². The predicted octanol–water partition coefficient (Wildman–Crippen LogP) is 2.28.